The number of aliphatic hydroxyl groups is 4. The van der Waals surface area contributed by atoms with Crippen LogP contribution in [-0.2, 0) is 4.79 Å². The number of amides is 1. The summed E-state index contributed by atoms with van der Waals surface area (Å²) in [5, 5.41) is 39.8. The van der Waals surface area contributed by atoms with Gasteiger partial charge in [0.2, 0.25) is 5.91 Å². The normalized spacial score (nSPS) is 30.3. The van der Waals surface area contributed by atoms with E-state index in [-0.39, 0.29) is 19.2 Å². The molecule has 1 amide bonds. The van der Waals surface area contributed by atoms with Crippen LogP contribution in [0.3, 0.4) is 0 Å². The molecule has 5 atom stereocenters. The first kappa shape index (κ1) is 21.3. The van der Waals surface area contributed by atoms with Gasteiger partial charge in [0.15, 0.2) is 0 Å². The summed E-state index contributed by atoms with van der Waals surface area (Å²) >= 11 is 0. The van der Waals surface area contributed by atoms with Crippen molar-refractivity contribution in [3.63, 3.8) is 0 Å². The molecule has 1 aliphatic rings. The Morgan fingerprint density at radius 3 is 2.33 bits per heavy atom. The molecule has 0 aliphatic carbocycles. The Bertz CT molecular complexity index is 404. The van der Waals surface area contributed by atoms with Gasteiger partial charge in [0, 0.05) is 12.6 Å². The third kappa shape index (κ3) is 4.67. The van der Waals surface area contributed by atoms with Gasteiger partial charge in [-0.05, 0) is 20.3 Å². The highest BCUT2D eigenvalue weighted by atomic mass is 16.4. The highest BCUT2D eigenvalue weighted by Crippen LogP contribution is 2.34. The lowest BCUT2D eigenvalue weighted by Crippen LogP contribution is -2.67. The van der Waals surface area contributed by atoms with E-state index < -0.39 is 35.7 Å². The summed E-state index contributed by atoms with van der Waals surface area (Å²) in [7, 11) is 0. The number of nitrogens with zero attached hydrogens (tertiary/aromatic N) is 1. The number of hydrogen-bond acceptors (Lipinski definition) is 6. The molecule has 0 bridgehead atoms. The van der Waals surface area contributed by atoms with Crippen LogP contribution >= 0.6 is 0 Å². The molecule has 1 saturated heterocycles. The van der Waals surface area contributed by atoms with Crippen LogP contribution in [0.4, 0.5) is 0 Å². The molecule has 6 N–H and O–H groups in total. The summed E-state index contributed by atoms with van der Waals surface area (Å²) in [5.41, 5.74) is 4.70. The zero-order chi connectivity index (χ0) is 18.5. The Morgan fingerprint density at radius 1 is 1.21 bits per heavy atom. The first-order valence-corrected chi connectivity index (χ1v) is 8.89. The van der Waals surface area contributed by atoms with Crippen molar-refractivity contribution in [1.82, 2.24) is 4.90 Å². The molecular formula is C17H34N2O5. The van der Waals surface area contributed by atoms with E-state index >= 15 is 0 Å². The fourth-order valence-electron chi connectivity index (χ4n) is 3.55. The fourth-order valence-corrected chi connectivity index (χ4v) is 3.55. The number of likely N-dealkylation sites (tertiary alicyclic amines) is 1. The van der Waals surface area contributed by atoms with E-state index in [1.807, 2.05) is 0 Å². The van der Waals surface area contributed by atoms with Crippen LogP contribution in [0.5, 0.6) is 0 Å². The van der Waals surface area contributed by atoms with E-state index in [4.69, 9.17) is 5.73 Å². The van der Waals surface area contributed by atoms with Crippen molar-refractivity contribution in [2.24, 2.45) is 11.1 Å². The van der Waals surface area contributed by atoms with Gasteiger partial charge in [0.25, 0.3) is 0 Å². The maximum absolute atomic E-state index is 12.0. The molecule has 7 heteroatoms. The maximum Gasteiger partial charge on any atom is 0.224 e. The number of piperidine rings is 1. The van der Waals surface area contributed by atoms with E-state index in [1.165, 1.54) is 0 Å². The van der Waals surface area contributed by atoms with Gasteiger partial charge in [0.05, 0.1) is 24.2 Å². The average molecular weight is 346 g/mol. The van der Waals surface area contributed by atoms with Crippen molar-refractivity contribution in [3.05, 3.63) is 0 Å². The number of β-amino-alcohol motifs (C(OH)–C–C–N with tert-alkyl or cyclic N) is 1. The van der Waals surface area contributed by atoms with Crippen LogP contribution in [-0.4, -0.2) is 74.8 Å². The number of hydrogen-bond donors (Lipinski definition) is 5. The quantitative estimate of drug-likeness (QED) is 0.361. The lowest BCUT2D eigenvalue weighted by atomic mass is 9.77. The summed E-state index contributed by atoms with van der Waals surface area (Å²) in [6.45, 7) is 5.32. The number of primary amides is 1. The predicted molar refractivity (Wildman–Crippen MR) is 91.1 cm³/mol. The number of rotatable bonds is 9. The van der Waals surface area contributed by atoms with Crippen LogP contribution in [0, 0.1) is 5.41 Å². The Hall–Kier alpha value is -0.730. The van der Waals surface area contributed by atoms with Crippen LogP contribution in [0.15, 0.2) is 0 Å². The Labute approximate surface area is 144 Å². The second kappa shape index (κ2) is 9.10. The Morgan fingerprint density at radius 2 is 1.83 bits per heavy atom. The molecule has 142 valence electrons. The number of nitrogens with two attached hydrogens (primary N) is 1. The summed E-state index contributed by atoms with van der Waals surface area (Å²) in [6.07, 6.45) is 1.04. The van der Waals surface area contributed by atoms with Crippen LogP contribution in [0.1, 0.15) is 52.9 Å². The number of carbonyl (C=O) groups excluding carboxylic acids is 1. The zero-order valence-electron chi connectivity index (χ0n) is 15.1. The molecule has 0 aromatic rings. The van der Waals surface area contributed by atoms with Crippen molar-refractivity contribution >= 4 is 5.91 Å². The minimum absolute atomic E-state index is 0.0820. The summed E-state index contributed by atoms with van der Waals surface area (Å²) in [6, 6.07) is -1.07. The third-order valence-corrected chi connectivity index (χ3v) is 5.35. The monoisotopic (exact) mass is 346 g/mol. The Kier molecular flexibility index (Phi) is 8.08. The predicted octanol–water partition coefficient (Wildman–Crippen LogP) is -0.404. The molecule has 0 aromatic carbocycles. The highest BCUT2D eigenvalue weighted by Gasteiger charge is 2.48. The van der Waals surface area contributed by atoms with Gasteiger partial charge < -0.3 is 26.2 Å². The largest absolute Gasteiger partial charge is 0.395 e. The molecule has 0 radical (unpaired) electrons. The zero-order valence-corrected chi connectivity index (χ0v) is 15.1. The first-order chi connectivity index (χ1) is 11.2. The molecule has 1 aliphatic heterocycles. The van der Waals surface area contributed by atoms with Gasteiger partial charge >= 0.3 is 0 Å². The van der Waals surface area contributed by atoms with Crippen molar-refractivity contribution in [2.45, 2.75) is 83.3 Å². The van der Waals surface area contributed by atoms with E-state index in [0.717, 1.165) is 25.7 Å². The lowest BCUT2D eigenvalue weighted by Gasteiger charge is -2.50. The van der Waals surface area contributed by atoms with E-state index in [0.29, 0.717) is 6.42 Å². The van der Waals surface area contributed by atoms with Crippen molar-refractivity contribution in [1.29, 1.82) is 0 Å². The fraction of sp³-hybridized carbons (Fsp3) is 0.941. The second-order valence-corrected chi connectivity index (χ2v) is 7.45. The standard InChI is InChI=1S/C17H34N2O5/c1-4-5-6-7-8-13(17(2,3)16(18)24)19-9-12(21)15(23)14(22)11(19)10-20/h11-15,20-23H,4-10H2,1-3H3,(H2,18,24). The lowest BCUT2D eigenvalue weighted by molar-refractivity contribution is -0.168. The molecule has 1 fully saturated rings. The first-order valence-electron chi connectivity index (χ1n) is 8.89. The van der Waals surface area contributed by atoms with E-state index in [1.54, 1.807) is 18.7 Å². The summed E-state index contributed by atoms with van der Waals surface area (Å²) < 4.78 is 0. The number of aliphatic hydroxyl groups excluding tert-OH is 4. The highest BCUT2D eigenvalue weighted by molar-refractivity contribution is 5.80. The van der Waals surface area contributed by atoms with E-state index in [2.05, 4.69) is 6.92 Å². The number of unbranched alkanes of at least 4 members (excludes halogenated alkanes) is 3. The van der Waals surface area contributed by atoms with Gasteiger partial charge in [-0.1, -0.05) is 32.6 Å². The smallest absolute Gasteiger partial charge is 0.224 e. The second-order valence-electron chi connectivity index (χ2n) is 7.45. The topological polar surface area (TPSA) is 127 Å². The SMILES string of the molecule is CCCCCCC(N1CC(O)C(O)C(O)C1CO)C(C)(C)C(N)=O. The maximum atomic E-state index is 12.0. The molecule has 24 heavy (non-hydrogen) atoms. The van der Waals surface area contributed by atoms with Gasteiger partial charge in [-0.2, -0.15) is 0 Å². The Balaban J connectivity index is 3.04. The molecule has 0 saturated carbocycles. The minimum Gasteiger partial charge on any atom is -0.395 e. The van der Waals surface area contributed by atoms with Crippen molar-refractivity contribution < 1.29 is 25.2 Å². The van der Waals surface area contributed by atoms with Crippen LogP contribution in [0.25, 0.3) is 0 Å². The van der Waals surface area contributed by atoms with Gasteiger partial charge in [0.1, 0.15) is 12.2 Å². The van der Waals surface area contributed by atoms with Gasteiger partial charge in [-0.3, -0.25) is 9.69 Å². The minimum atomic E-state index is -1.31. The molecule has 0 aromatic heterocycles. The molecule has 7 nitrogen and oxygen atoms in total. The summed E-state index contributed by atoms with van der Waals surface area (Å²) in [4.78, 5) is 13.7. The molecule has 1 heterocycles. The van der Waals surface area contributed by atoms with Crippen molar-refractivity contribution in [2.75, 3.05) is 13.2 Å². The summed E-state index contributed by atoms with van der Waals surface area (Å²) in [5.74, 6) is -0.463. The molecule has 5 unspecified atom stereocenters. The average Bonchev–Trinajstić information content (AvgIpc) is 2.52. The molecule has 1 rings (SSSR count). The van der Waals surface area contributed by atoms with Crippen molar-refractivity contribution in [3.8, 4) is 0 Å². The van der Waals surface area contributed by atoms with E-state index in [9.17, 15) is 25.2 Å². The number of carbonyl (C=O) groups is 1. The molecule has 0 spiro atoms. The van der Waals surface area contributed by atoms with Crippen LogP contribution < -0.4 is 5.73 Å². The third-order valence-electron chi connectivity index (χ3n) is 5.35. The molecular weight excluding hydrogens is 312 g/mol. The van der Waals surface area contributed by atoms with Gasteiger partial charge in [-0.15, -0.1) is 0 Å². The van der Waals surface area contributed by atoms with Crippen LogP contribution in [0.2, 0.25) is 0 Å². The van der Waals surface area contributed by atoms with Gasteiger partial charge in [-0.25, -0.2) is 0 Å².